The number of hydrogen-bond acceptors (Lipinski definition) is 4. The van der Waals surface area contributed by atoms with Crippen LogP contribution in [0.4, 0.5) is 5.13 Å². The van der Waals surface area contributed by atoms with E-state index >= 15 is 0 Å². The van der Waals surface area contributed by atoms with Crippen molar-refractivity contribution in [2.75, 3.05) is 11.4 Å². The van der Waals surface area contributed by atoms with Gasteiger partial charge in [0.1, 0.15) is 0 Å². The summed E-state index contributed by atoms with van der Waals surface area (Å²) in [6.07, 6.45) is 3.44. The van der Waals surface area contributed by atoms with Gasteiger partial charge < -0.3 is 10.0 Å². The lowest BCUT2D eigenvalue weighted by Crippen LogP contribution is -2.40. The molecule has 88 valence electrons. The lowest BCUT2D eigenvalue weighted by Gasteiger charge is -2.34. The van der Waals surface area contributed by atoms with E-state index in [-0.39, 0.29) is 12.5 Å². The Hall–Kier alpha value is -1.10. The van der Waals surface area contributed by atoms with Gasteiger partial charge in [-0.3, -0.25) is 4.79 Å². The average molecular weight is 240 g/mol. The molecule has 1 saturated heterocycles. The number of carboxylic acid groups (broad SMARTS) is 1. The summed E-state index contributed by atoms with van der Waals surface area (Å²) >= 11 is 1.61. The second-order valence-electron chi connectivity index (χ2n) is 4.21. The Bertz CT molecular complexity index is 378. The van der Waals surface area contributed by atoms with E-state index in [1.165, 1.54) is 0 Å². The molecule has 1 atom stereocenters. The van der Waals surface area contributed by atoms with Gasteiger partial charge in [-0.05, 0) is 26.2 Å². The van der Waals surface area contributed by atoms with Crippen LogP contribution in [0.2, 0.25) is 0 Å². The predicted octanol–water partition coefficient (Wildman–Crippen LogP) is 2.29. The second kappa shape index (κ2) is 4.82. The largest absolute Gasteiger partial charge is 0.481 e. The van der Waals surface area contributed by atoms with Crippen LogP contribution in [0.15, 0.2) is 5.38 Å². The lowest BCUT2D eigenvalue weighted by atomic mass is 10.0. The summed E-state index contributed by atoms with van der Waals surface area (Å²) in [5.41, 5.74) is 1.01. The average Bonchev–Trinajstić information content (AvgIpc) is 2.65. The van der Waals surface area contributed by atoms with Crippen molar-refractivity contribution in [3.05, 3.63) is 11.1 Å². The number of aromatic nitrogens is 1. The van der Waals surface area contributed by atoms with Gasteiger partial charge in [-0.25, -0.2) is 4.98 Å². The molecule has 1 aromatic heterocycles. The third kappa shape index (κ3) is 2.52. The summed E-state index contributed by atoms with van der Waals surface area (Å²) < 4.78 is 0. The van der Waals surface area contributed by atoms with E-state index in [0.717, 1.165) is 36.6 Å². The molecule has 1 N–H and O–H groups in total. The molecule has 1 aliphatic rings. The lowest BCUT2D eigenvalue weighted by molar-refractivity contribution is -0.137. The molecule has 1 aliphatic heterocycles. The molecular weight excluding hydrogens is 224 g/mol. The number of aliphatic carboxylic acids is 1. The van der Waals surface area contributed by atoms with Gasteiger partial charge in [0.15, 0.2) is 5.13 Å². The number of carboxylic acids is 1. The fourth-order valence-electron chi connectivity index (χ4n) is 2.14. The second-order valence-corrected chi connectivity index (χ2v) is 5.05. The molecule has 1 fully saturated rings. The van der Waals surface area contributed by atoms with Crippen molar-refractivity contribution in [2.24, 2.45) is 0 Å². The standard InChI is InChI=1S/C11H16N2O2S/c1-8-7-16-11(12-8)13-5-3-2-4-9(13)6-10(14)15/h7,9H,2-6H2,1H3,(H,14,15). The number of rotatable bonds is 3. The maximum atomic E-state index is 10.8. The van der Waals surface area contributed by atoms with Crippen LogP contribution in [-0.4, -0.2) is 28.6 Å². The van der Waals surface area contributed by atoms with Crippen LogP contribution in [-0.2, 0) is 4.79 Å². The number of nitrogens with zero attached hydrogens (tertiary/aromatic N) is 2. The number of piperidine rings is 1. The topological polar surface area (TPSA) is 53.4 Å². The zero-order valence-corrected chi connectivity index (χ0v) is 10.2. The predicted molar refractivity (Wildman–Crippen MR) is 64.1 cm³/mol. The molecule has 1 unspecified atom stereocenters. The minimum Gasteiger partial charge on any atom is -0.481 e. The number of thiazole rings is 1. The molecule has 16 heavy (non-hydrogen) atoms. The quantitative estimate of drug-likeness (QED) is 0.880. The molecule has 2 rings (SSSR count). The van der Waals surface area contributed by atoms with Crippen LogP contribution < -0.4 is 4.90 Å². The van der Waals surface area contributed by atoms with E-state index in [0.29, 0.717) is 0 Å². The molecule has 0 aliphatic carbocycles. The molecule has 1 aromatic rings. The fraction of sp³-hybridized carbons (Fsp3) is 0.636. The van der Waals surface area contributed by atoms with Gasteiger partial charge in [-0.1, -0.05) is 0 Å². The molecule has 5 heteroatoms. The van der Waals surface area contributed by atoms with E-state index in [9.17, 15) is 4.79 Å². The van der Waals surface area contributed by atoms with E-state index in [2.05, 4.69) is 9.88 Å². The highest BCUT2D eigenvalue weighted by molar-refractivity contribution is 7.13. The zero-order chi connectivity index (χ0) is 11.5. The number of anilines is 1. The van der Waals surface area contributed by atoms with E-state index in [4.69, 9.17) is 5.11 Å². The Morgan fingerprint density at radius 1 is 1.69 bits per heavy atom. The first kappa shape index (κ1) is 11.4. The summed E-state index contributed by atoms with van der Waals surface area (Å²) in [7, 11) is 0. The van der Waals surface area contributed by atoms with Crippen molar-refractivity contribution in [3.8, 4) is 0 Å². The van der Waals surface area contributed by atoms with Crippen LogP contribution >= 0.6 is 11.3 Å². The molecule has 2 heterocycles. The van der Waals surface area contributed by atoms with Crippen LogP contribution in [0.1, 0.15) is 31.4 Å². The van der Waals surface area contributed by atoms with E-state index < -0.39 is 5.97 Å². The third-order valence-electron chi connectivity index (χ3n) is 2.89. The molecule has 0 saturated carbocycles. The van der Waals surface area contributed by atoms with Gasteiger partial charge in [0.2, 0.25) is 0 Å². The summed E-state index contributed by atoms with van der Waals surface area (Å²) in [6.45, 7) is 2.90. The van der Waals surface area contributed by atoms with Crippen molar-refractivity contribution in [1.29, 1.82) is 0 Å². The fourth-order valence-corrected chi connectivity index (χ4v) is 3.04. The van der Waals surface area contributed by atoms with Gasteiger partial charge >= 0.3 is 5.97 Å². The van der Waals surface area contributed by atoms with E-state index in [1.807, 2.05) is 12.3 Å². The van der Waals surface area contributed by atoms with Crippen molar-refractivity contribution in [1.82, 2.24) is 4.98 Å². The van der Waals surface area contributed by atoms with Crippen LogP contribution in [0.5, 0.6) is 0 Å². The minimum absolute atomic E-state index is 0.122. The Morgan fingerprint density at radius 3 is 3.12 bits per heavy atom. The van der Waals surface area contributed by atoms with Gasteiger partial charge in [0.25, 0.3) is 0 Å². The molecule has 0 aromatic carbocycles. The molecule has 0 bridgehead atoms. The highest BCUT2D eigenvalue weighted by atomic mass is 32.1. The van der Waals surface area contributed by atoms with Crippen molar-refractivity contribution in [2.45, 2.75) is 38.6 Å². The Labute approximate surface area is 98.9 Å². The van der Waals surface area contributed by atoms with Gasteiger partial charge in [-0.2, -0.15) is 0 Å². The molecular formula is C11H16N2O2S. The molecule has 0 amide bonds. The Kier molecular flexibility index (Phi) is 3.43. The number of hydrogen-bond donors (Lipinski definition) is 1. The molecule has 0 spiro atoms. The van der Waals surface area contributed by atoms with Crippen molar-refractivity contribution in [3.63, 3.8) is 0 Å². The normalized spacial score (nSPS) is 21.1. The number of aryl methyl sites for hydroxylation is 1. The third-order valence-corrected chi connectivity index (χ3v) is 3.89. The summed E-state index contributed by atoms with van der Waals surface area (Å²) in [5, 5.41) is 11.9. The first-order valence-corrected chi connectivity index (χ1v) is 6.45. The molecule has 4 nitrogen and oxygen atoms in total. The smallest absolute Gasteiger partial charge is 0.305 e. The monoisotopic (exact) mass is 240 g/mol. The van der Waals surface area contributed by atoms with Crippen molar-refractivity contribution >= 4 is 22.4 Å². The highest BCUT2D eigenvalue weighted by Crippen LogP contribution is 2.29. The van der Waals surface area contributed by atoms with Crippen LogP contribution in [0.3, 0.4) is 0 Å². The van der Waals surface area contributed by atoms with Gasteiger partial charge in [0, 0.05) is 18.0 Å². The van der Waals surface area contributed by atoms with Gasteiger partial charge in [0.05, 0.1) is 12.1 Å². The van der Waals surface area contributed by atoms with Crippen LogP contribution in [0, 0.1) is 6.92 Å². The summed E-state index contributed by atoms with van der Waals surface area (Å²) in [5.74, 6) is -0.717. The first-order valence-electron chi connectivity index (χ1n) is 5.57. The Morgan fingerprint density at radius 2 is 2.50 bits per heavy atom. The van der Waals surface area contributed by atoms with Crippen LogP contribution in [0.25, 0.3) is 0 Å². The summed E-state index contributed by atoms with van der Waals surface area (Å²) in [6, 6.07) is 0.122. The Balaban J connectivity index is 2.12. The SMILES string of the molecule is Cc1csc(N2CCCCC2CC(=O)O)n1. The maximum absolute atomic E-state index is 10.8. The van der Waals surface area contributed by atoms with Crippen molar-refractivity contribution < 1.29 is 9.90 Å². The first-order chi connectivity index (χ1) is 7.66. The number of carbonyl (C=O) groups is 1. The zero-order valence-electron chi connectivity index (χ0n) is 9.35. The van der Waals surface area contributed by atoms with Gasteiger partial charge in [-0.15, -0.1) is 11.3 Å². The minimum atomic E-state index is -0.717. The summed E-state index contributed by atoms with van der Waals surface area (Å²) in [4.78, 5) is 17.4. The van der Waals surface area contributed by atoms with E-state index in [1.54, 1.807) is 11.3 Å². The highest BCUT2D eigenvalue weighted by Gasteiger charge is 2.26. The maximum Gasteiger partial charge on any atom is 0.305 e. The molecule has 0 radical (unpaired) electrons.